The van der Waals surface area contributed by atoms with Gasteiger partial charge < -0.3 is 9.47 Å². The maximum atomic E-state index is 11.4. The molecule has 0 aromatic heterocycles. The van der Waals surface area contributed by atoms with Gasteiger partial charge in [-0.1, -0.05) is 6.92 Å². The maximum Gasteiger partial charge on any atom is 0.311 e. The van der Waals surface area contributed by atoms with Crippen LogP contribution in [0.5, 0.6) is 0 Å². The van der Waals surface area contributed by atoms with E-state index in [1.165, 1.54) is 0 Å². The molecule has 1 aliphatic rings. The Hall–Kier alpha value is -0.570. The molecule has 0 aliphatic carbocycles. The number of esters is 1. The molecule has 0 N–H and O–H groups in total. The molecule has 0 bridgehead atoms. The summed E-state index contributed by atoms with van der Waals surface area (Å²) in [5, 5.41) is 0. The molecule has 3 atom stereocenters. The Balaban J connectivity index is 2.45. The smallest absolute Gasteiger partial charge is 0.311 e. The number of carbonyl (C=O) groups excluding carboxylic acids is 1. The molecule has 3 nitrogen and oxygen atoms in total. The zero-order chi connectivity index (χ0) is 9.84. The zero-order valence-electron chi connectivity index (χ0n) is 8.58. The molecular formula is C10H18O3. The normalized spacial score (nSPS) is 30.1. The predicted molar refractivity (Wildman–Crippen MR) is 49.3 cm³/mol. The van der Waals surface area contributed by atoms with Crippen molar-refractivity contribution in [3.8, 4) is 0 Å². The first-order valence-electron chi connectivity index (χ1n) is 4.95. The fourth-order valence-corrected chi connectivity index (χ4v) is 1.76. The minimum Gasteiger partial charge on any atom is -0.466 e. The van der Waals surface area contributed by atoms with Gasteiger partial charge in [-0.3, -0.25) is 4.79 Å². The van der Waals surface area contributed by atoms with E-state index in [0.717, 1.165) is 13.0 Å². The summed E-state index contributed by atoms with van der Waals surface area (Å²) in [6, 6.07) is 0. The Morgan fingerprint density at radius 3 is 2.85 bits per heavy atom. The van der Waals surface area contributed by atoms with Crippen molar-refractivity contribution in [2.24, 2.45) is 11.8 Å². The maximum absolute atomic E-state index is 11.4. The van der Waals surface area contributed by atoms with E-state index in [1.807, 2.05) is 13.8 Å². The lowest BCUT2D eigenvalue weighted by Crippen LogP contribution is -2.30. The van der Waals surface area contributed by atoms with Gasteiger partial charge in [-0.05, 0) is 26.2 Å². The molecule has 0 aromatic carbocycles. The number of ether oxygens (including phenoxy) is 2. The van der Waals surface area contributed by atoms with Gasteiger partial charge in [0.1, 0.15) is 0 Å². The van der Waals surface area contributed by atoms with Crippen LogP contribution in [0.2, 0.25) is 0 Å². The standard InChI is InChI=1S/C10H18O3/c1-4-12-10(11)8(3)9-7(2)5-6-13-9/h7-9H,4-6H2,1-3H3/t7-,8+,9-/m1/s1. The van der Waals surface area contributed by atoms with Crippen molar-refractivity contribution in [2.75, 3.05) is 13.2 Å². The molecule has 0 amide bonds. The molecule has 1 rings (SSSR count). The van der Waals surface area contributed by atoms with Crippen molar-refractivity contribution in [3.63, 3.8) is 0 Å². The van der Waals surface area contributed by atoms with E-state index in [1.54, 1.807) is 0 Å². The van der Waals surface area contributed by atoms with E-state index >= 15 is 0 Å². The van der Waals surface area contributed by atoms with Gasteiger partial charge in [-0.2, -0.15) is 0 Å². The Kier molecular flexibility index (Phi) is 3.72. The SMILES string of the molecule is CCOC(=O)[C@@H](C)[C@@H]1OCC[C@H]1C. The highest BCUT2D eigenvalue weighted by atomic mass is 16.5. The van der Waals surface area contributed by atoms with Crippen molar-refractivity contribution in [3.05, 3.63) is 0 Å². The average Bonchev–Trinajstić information content (AvgIpc) is 2.50. The van der Waals surface area contributed by atoms with Gasteiger partial charge in [-0.25, -0.2) is 0 Å². The largest absolute Gasteiger partial charge is 0.466 e. The summed E-state index contributed by atoms with van der Waals surface area (Å²) in [5.41, 5.74) is 0. The summed E-state index contributed by atoms with van der Waals surface area (Å²) in [6.45, 7) is 7.04. The lowest BCUT2D eigenvalue weighted by Gasteiger charge is -2.20. The van der Waals surface area contributed by atoms with E-state index in [2.05, 4.69) is 6.92 Å². The molecule has 0 radical (unpaired) electrons. The van der Waals surface area contributed by atoms with Crippen LogP contribution in [0.15, 0.2) is 0 Å². The van der Waals surface area contributed by atoms with Crippen LogP contribution >= 0.6 is 0 Å². The van der Waals surface area contributed by atoms with Crippen LogP contribution in [-0.4, -0.2) is 25.3 Å². The van der Waals surface area contributed by atoms with Crippen LogP contribution in [0.1, 0.15) is 27.2 Å². The number of rotatable bonds is 3. The monoisotopic (exact) mass is 186 g/mol. The van der Waals surface area contributed by atoms with Gasteiger partial charge in [0.2, 0.25) is 0 Å². The highest BCUT2D eigenvalue weighted by Crippen LogP contribution is 2.26. The molecule has 1 fully saturated rings. The van der Waals surface area contributed by atoms with Crippen LogP contribution in [-0.2, 0) is 14.3 Å². The second kappa shape index (κ2) is 4.61. The molecule has 0 spiro atoms. The molecule has 3 heteroatoms. The molecule has 0 unspecified atom stereocenters. The van der Waals surface area contributed by atoms with Gasteiger partial charge in [0, 0.05) is 6.61 Å². The lowest BCUT2D eigenvalue weighted by molar-refractivity contribution is -0.152. The first kappa shape index (κ1) is 10.5. The third kappa shape index (κ3) is 2.44. The van der Waals surface area contributed by atoms with Gasteiger partial charge in [-0.15, -0.1) is 0 Å². The Morgan fingerprint density at radius 2 is 2.38 bits per heavy atom. The first-order chi connectivity index (χ1) is 6.16. The van der Waals surface area contributed by atoms with E-state index in [4.69, 9.17) is 9.47 Å². The molecule has 1 heterocycles. The molecule has 0 aromatic rings. The van der Waals surface area contributed by atoms with E-state index in [0.29, 0.717) is 12.5 Å². The average molecular weight is 186 g/mol. The van der Waals surface area contributed by atoms with Crippen LogP contribution in [0.4, 0.5) is 0 Å². The molecule has 76 valence electrons. The van der Waals surface area contributed by atoms with Crippen LogP contribution in [0.3, 0.4) is 0 Å². The summed E-state index contributed by atoms with van der Waals surface area (Å²) in [6.07, 6.45) is 1.10. The van der Waals surface area contributed by atoms with Crippen molar-refractivity contribution < 1.29 is 14.3 Å². The summed E-state index contributed by atoms with van der Waals surface area (Å²) in [7, 11) is 0. The quantitative estimate of drug-likeness (QED) is 0.628. The molecule has 1 aliphatic heterocycles. The van der Waals surface area contributed by atoms with Crippen LogP contribution < -0.4 is 0 Å². The minimum absolute atomic E-state index is 0.0547. The lowest BCUT2D eigenvalue weighted by atomic mass is 9.93. The molecular weight excluding hydrogens is 168 g/mol. The summed E-state index contributed by atoms with van der Waals surface area (Å²) in [4.78, 5) is 11.4. The fraction of sp³-hybridized carbons (Fsp3) is 0.900. The Bertz CT molecular complexity index is 179. The molecule has 1 saturated heterocycles. The summed E-state index contributed by atoms with van der Waals surface area (Å²) >= 11 is 0. The van der Waals surface area contributed by atoms with Crippen LogP contribution in [0.25, 0.3) is 0 Å². The number of hydrogen-bond donors (Lipinski definition) is 0. The highest BCUT2D eigenvalue weighted by molar-refractivity contribution is 5.72. The Morgan fingerprint density at radius 1 is 1.69 bits per heavy atom. The number of hydrogen-bond acceptors (Lipinski definition) is 3. The van der Waals surface area contributed by atoms with Crippen molar-refractivity contribution in [1.29, 1.82) is 0 Å². The van der Waals surface area contributed by atoms with Gasteiger partial charge >= 0.3 is 5.97 Å². The molecule has 13 heavy (non-hydrogen) atoms. The third-order valence-electron chi connectivity index (χ3n) is 2.60. The first-order valence-corrected chi connectivity index (χ1v) is 4.95. The highest BCUT2D eigenvalue weighted by Gasteiger charge is 2.34. The van der Waals surface area contributed by atoms with Crippen molar-refractivity contribution in [2.45, 2.75) is 33.3 Å². The number of carbonyl (C=O) groups is 1. The van der Waals surface area contributed by atoms with Crippen molar-refractivity contribution >= 4 is 5.97 Å². The topological polar surface area (TPSA) is 35.5 Å². The van der Waals surface area contributed by atoms with Gasteiger partial charge in [0.05, 0.1) is 18.6 Å². The van der Waals surface area contributed by atoms with Crippen molar-refractivity contribution in [1.82, 2.24) is 0 Å². The third-order valence-corrected chi connectivity index (χ3v) is 2.60. The minimum atomic E-state index is -0.138. The van der Waals surface area contributed by atoms with E-state index in [9.17, 15) is 4.79 Å². The van der Waals surface area contributed by atoms with E-state index < -0.39 is 0 Å². The fourth-order valence-electron chi connectivity index (χ4n) is 1.76. The Labute approximate surface area is 79.4 Å². The second-order valence-electron chi connectivity index (χ2n) is 3.64. The molecule has 0 saturated carbocycles. The second-order valence-corrected chi connectivity index (χ2v) is 3.64. The summed E-state index contributed by atoms with van der Waals surface area (Å²) in [5.74, 6) is 0.207. The van der Waals surface area contributed by atoms with Crippen LogP contribution in [0, 0.1) is 11.8 Å². The van der Waals surface area contributed by atoms with Gasteiger partial charge in [0.15, 0.2) is 0 Å². The van der Waals surface area contributed by atoms with Gasteiger partial charge in [0.25, 0.3) is 0 Å². The zero-order valence-corrected chi connectivity index (χ0v) is 8.58. The van der Waals surface area contributed by atoms with E-state index in [-0.39, 0.29) is 18.0 Å². The predicted octanol–water partition coefficient (Wildman–Crippen LogP) is 1.61. The summed E-state index contributed by atoms with van der Waals surface area (Å²) < 4.78 is 10.4.